The number of nitrogens with zero attached hydrogens (tertiary/aromatic N) is 1. The van der Waals surface area contributed by atoms with Gasteiger partial charge in [0.05, 0.1) is 0 Å². The van der Waals surface area contributed by atoms with Gasteiger partial charge in [-0.1, -0.05) is 25.1 Å². The van der Waals surface area contributed by atoms with Crippen molar-refractivity contribution in [1.82, 2.24) is 10.2 Å². The van der Waals surface area contributed by atoms with Crippen LogP contribution in [0.5, 0.6) is 5.75 Å². The van der Waals surface area contributed by atoms with Crippen molar-refractivity contribution in [3.63, 3.8) is 0 Å². The second kappa shape index (κ2) is 8.72. The largest absolute Gasteiger partial charge is 0.492 e. The van der Waals surface area contributed by atoms with E-state index in [1.807, 2.05) is 25.3 Å². The number of hydrogen-bond acceptors (Lipinski definition) is 3. The molecule has 0 radical (unpaired) electrons. The van der Waals surface area contributed by atoms with Crippen LogP contribution in [0.1, 0.15) is 12.5 Å². The molecule has 3 nitrogen and oxygen atoms in total. The molecular weight excluding hydrogens is 224 g/mol. The molecule has 0 saturated heterocycles. The van der Waals surface area contributed by atoms with Gasteiger partial charge >= 0.3 is 0 Å². The van der Waals surface area contributed by atoms with Crippen LogP contribution in [0.2, 0.25) is 0 Å². The Hall–Kier alpha value is -1.32. The Morgan fingerprint density at radius 2 is 2.06 bits per heavy atom. The van der Waals surface area contributed by atoms with Crippen molar-refractivity contribution in [2.24, 2.45) is 0 Å². The maximum absolute atomic E-state index is 5.72. The summed E-state index contributed by atoms with van der Waals surface area (Å²) in [6, 6.07) is 8.23. The molecule has 0 unspecified atom stereocenters. The molecule has 0 aliphatic carbocycles. The van der Waals surface area contributed by atoms with E-state index in [4.69, 9.17) is 4.74 Å². The van der Waals surface area contributed by atoms with Gasteiger partial charge in [-0.3, -0.25) is 4.90 Å². The summed E-state index contributed by atoms with van der Waals surface area (Å²) >= 11 is 0. The number of nitrogens with one attached hydrogen (secondary N) is 1. The first-order valence-electron chi connectivity index (χ1n) is 6.49. The molecular formula is C15H24N2O. The fraction of sp³-hybridized carbons (Fsp3) is 0.467. The zero-order valence-corrected chi connectivity index (χ0v) is 11.5. The Bertz CT molecular complexity index is 335. The average Bonchev–Trinajstić information content (AvgIpc) is 2.40. The van der Waals surface area contributed by atoms with Gasteiger partial charge in [-0.25, -0.2) is 0 Å². The molecule has 0 spiro atoms. The zero-order valence-electron chi connectivity index (χ0n) is 11.5. The fourth-order valence-corrected chi connectivity index (χ4v) is 1.76. The minimum atomic E-state index is 0.715. The monoisotopic (exact) mass is 248 g/mol. The molecule has 1 aromatic rings. The third-order valence-electron chi connectivity index (χ3n) is 2.82. The summed E-state index contributed by atoms with van der Waals surface area (Å²) in [5, 5.41) is 3.13. The van der Waals surface area contributed by atoms with Crippen LogP contribution in [-0.4, -0.2) is 38.2 Å². The molecule has 100 valence electrons. The second-order valence-electron chi connectivity index (χ2n) is 4.20. The summed E-state index contributed by atoms with van der Waals surface area (Å²) in [5.74, 6) is 0.935. The smallest absolute Gasteiger partial charge is 0.119 e. The number of rotatable bonds is 9. The Balaban J connectivity index is 2.32. The summed E-state index contributed by atoms with van der Waals surface area (Å²) in [5.41, 5.74) is 1.27. The molecule has 0 aliphatic heterocycles. The molecule has 18 heavy (non-hydrogen) atoms. The van der Waals surface area contributed by atoms with E-state index in [9.17, 15) is 0 Å². The molecule has 0 fully saturated rings. The summed E-state index contributed by atoms with van der Waals surface area (Å²) in [7, 11) is 1.95. The van der Waals surface area contributed by atoms with Crippen molar-refractivity contribution in [1.29, 1.82) is 0 Å². The van der Waals surface area contributed by atoms with Crippen molar-refractivity contribution in [3.05, 3.63) is 42.5 Å². The molecule has 0 saturated carbocycles. The van der Waals surface area contributed by atoms with Crippen molar-refractivity contribution in [2.75, 3.05) is 33.3 Å². The van der Waals surface area contributed by atoms with E-state index in [1.165, 1.54) is 5.56 Å². The van der Waals surface area contributed by atoms with E-state index in [0.717, 1.165) is 31.9 Å². The van der Waals surface area contributed by atoms with Gasteiger partial charge in [-0.2, -0.15) is 0 Å². The predicted molar refractivity (Wildman–Crippen MR) is 77.0 cm³/mol. The fourth-order valence-electron chi connectivity index (χ4n) is 1.76. The van der Waals surface area contributed by atoms with Gasteiger partial charge in [0.1, 0.15) is 12.4 Å². The lowest BCUT2D eigenvalue weighted by Crippen LogP contribution is -2.28. The van der Waals surface area contributed by atoms with E-state index < -0.39 is 0 Å². The topological polar surface area (TPSA) is 24.5 Å². The van der Waals surface area contributed by atoms with E-state index in [2.05, 4.69) is 35.9 Å². The lowest BCUT2D eigenvalue weighted by molar-refractivity contribution is 0.229. The van der Waals surface area contributed by atoms with Crippen molar-refractivity contribution in [3.8, 4) is 5.75 Å². The van der Waals surface area contributed by atoms with Crippen molar-refractivity contribution in [2.45, 2.75) is 13.5 Å². The van der Waals surface area contributed by atoms with Crippen LogP contribution < -0.4 is 10.1 Å². The quantitative estimate of drug-likeness (QED) is 0.679. The number of benzene rings is 1. The van der Waals surface area contributed by atoms with Crippen LogP contribution in [-0.2, 0) is 6.54 Å². The van der Waals surface area contributed by atoms with Crippen LogP contribution in [0, 0.1) is 0 Å². The maximum atomic E-state index is 5.72. The summed E-state index contributed by atoms with van der Waals surface area (Å²) in [6.45, 7) is 10.4. The molecule has 0 aromatic heterocycles. The minimum Gasteiger partial charge on any atom is -0.492 e. The molecule has 1 N–H and O–H groups in total. The van der Waals surface area contributed by atoms with Crippen LogP contribution in [0.25, 0.3) is 0 Å². The Kier molecular flexibility index (Phi) is 7.14. The summed E-state index contributed by atoms with van der Waals surface area (Å²) in [4.78, 5) is 2.29. The van der Waals surface area contributed by atoms with Gasteiger partial charge in [0.2, 0.25) is 0 Å². The average molecular weight is 248 g/mol. The standard InChI is InChI=1S/C15H24N2O/c1-4-10-17(5-2)11-12-18-15-8-6-14(7-9-15)13-16-3/h4,6-9,16H,1,5,10-13H2,2-3H3. The zero-order chi connectivity index (χ0) is 13.2. The SMILES string of the molecule is C=CCN(CC)CCOc1ccc(CNC)cc1. The molecule has 0 atom stereocenters. The van der Waals surface area contributed by atoms with Crippen LogP contribution in [0.3, 0.4) is 0 Å². The highest BCUT2D eigenvalue weighted by molar-refractivity contribution is 5.27. The first-order valence-corrected chi connectivity index (χ1v) is 6.49. The Labute approximate surface area is 110 Å². The van der Waals surface area contributed by atoms with Gasteiger partial charge in [-0.15, -0.1) is 6.58 Å². The van der Waals surface area contributed by atoms with Crippen molar-refractivity contribution >= 4 is 0 Å². The number of ether oxygens (including phenoxy) is 1. The Morgan fingerprint density at radius 1 is 1.33 bits per heavy atom. The minimum absolute atomic E-state index is 0.715. The summed E-state index contributed by atoms with van der Waals surface area (Å²) < 4.78 is 5.72. The highest BCUT2D eigenvalue weighted by Gasteiger charge is 2.00. The number of hydrogen-bond donors (Lipinski definition) is 1. The molecule has 1 rings (SSSR count). The second-order valence-corrected chi connectivity index (χ2v) is 4.20. The maximum Gasteiger partial charge on any atom is 0.119 e. The van der Waals surface area contributed by atoms with Gasteiger partial charge in [0.15, 0.2) is 0 Å². The molecule has 3 heteroatoms. The molecule has 0 amide bonds. The van der Waals surface area contributed by atoms with Gasteiger partial charge < -0.3 is 10.1 Å². The molecule has 0 heterocycles. The van der Waals surface area contributed by atoms with E-state index in [0.29, 0.717) is 6.61 Å². The first-order chi connectivity index (χ1) is 8.80. The van der Waals surface area contributed by atoms with Gasteiger partial charge in [-0.05, 0) is 31.3 Å². The molecule has 1 aromatic carbocycles. The highest BCUT2D eigenvalue weighted by Crippen LogP contribution is 2.11. The Morgan fingerprint density at radius 3 is 2.61 bits per heavy atom. The van der Waals surface area contributed by atoms with Crippen LogP contribution in [0.15, 0.2) is 36.9 Å². The van der Waals surface area contributed by atoms with Gasteiger partial charge in [0, 0.05) is 19.6 Å². The van der Waals surface area contributed by atoms with E-state index in [-0.39, 0.29) is 0 Å². The number of likely N-dealkylation sites (N-methyl/N-ethyl adjacent to an activating group) is 1. The normalized spacial score (nSPS) is 10.6. The third-order valence-corrected chi connectivity index (χ3v) is 2.82. The molecule has 0 bridgehead atoms. The lowest BCUT2D eigenvalue weighted by atomic mass is 10.2. The third kappa shape index (κ3) is 5.34. The predicted octanol–water partition coefficient (Wildman–Crippen LogP) is 2.29. The van der Waals surface area contributed by atoms with Crippen LogP contribution in [0.4, 0.5) is 0 Å². The van der Waals surface area contributed by atoms with Crippen LogP contribution >= 0.6 is 0 Å². The highest BCUT2D eigenvalue weighted by atomic mass is 16.5. The summed E-state index contributed by atoms with van der Waals surface area (Å²) in [6.07, 6.45) is 1.93. The molecule has 0 aliphatic rings. The van der Waals surface area contributed by atoms with Gasteiger partial charge in [0.25, 0.3) is 0 Å². The first kappa shape index (κ1) is 14.7. The van der Waals surface area contributed by atoms with E-state index >= 15 is 0 Å². The van der Waals surface area contributed by atoms with E-state index in [1.54, 1.807) is 0 Å². The lowest BCUT2D eigenvalue weighted by Gasteiger charge is -2.18. The van der Waals surface area contributed by atoms with Crippen molar-refractivity contribution < 1.29 is 4.74 Å².